The topological polar surface area (TPSA) is 340 Å². The van der Waals surface area contributed by atoms with Crippen LogP contribution in [0.2, 0.25) is 5.02 Å². The number of phenolic OH excluding ortho intramolecular Hbond substituents is 1. The molecule has 504 valence electrons. The standard InChI is InChI=1S/C70H85ClN12O12/c1-44(2)35-56(64(89)75-32-12-34-83-33-11-18-62(83)87)78-65(90)55(17-7-8-31-74-63(88)52-16-10-30-73-42-52)77-69(94)61(40-47-22-27-54(86)28-23-47)82(4)70(95)60(43-84)81-68(93)59(39-49-13-9-29-72-41-49)80-67(92)58(37-46-20-25-53(71)26-21-46)79-66(91)57(76-45(3)85)38-48-19-24-50-14-5-6-15-51(50)36-48/h5-6,9-10,13-16,19-30,36,41-42,44,55-61,84,86H,7-8,11-12,17-18,31-35,37-40,43H2,1-4H3,(H,74,88)(H,75,89)(H,76,85)(H,77,94)(H,78,90)(H,79,91)(H,80,92)(H,81,93)/t55-,56+,57-,58-,59-,60+,61+/m1/s1. The molecule has 0 unspecified atom stereocenters. The van der Waals surface area contributed by atoms with Crippen LogP contribution >= 0.6 is 11.6 Å². The van der Waals surface area contributed by atoms with Gasteiger partial charge in [0.2, 0.25) is 53.2 Å². The minimum absolute atomic E-state index is 0.00534. The minimum atomic E-state index is -1.76. The maximum absolute atomic E-state index is 15.0. The summed E-state index contributed by atoms with van der Waals surface area (Å²) in [5.41, 5.74) is 2.56. The Kier molecular flexibility index (Phi) is 28.0. The lowest BCUT2D eigenvalue weighted by Crippen LogP contribution is -2.61. The first-order chi connectivity index (χ1) is 45.6. The molecule has 0 aliphatic carbocycles. The second-order valence-corrected chi connectivity index (χ2v) is 24.5. The van der Waals surface area contributed by atoms with Gasteiger partial charge in [0, 0.05) is 102 Å². The number of carbonyl (C=O) groups is 10. The van der Waals surface area contributed by atoms with Crippen LogP contribution in [0.5, 0.6) is 5.75 Å². The average molecular weight is 1320 g/mol. The molecule has 3 heterocycles. The SMILES string of the molecule is CC(=O)N[C@H](Cc1ccc2ccccc2c1)C(=O)N[C@H](Cc1ccc(Cl)cc1)C(=O)N[C@H](Cc1cccnc1)C(=O)N[C@@H](CO)C(=O)N(C)[C@@H](Cc1ccc(O)cc1)C(=O)N[C@H](CCCCNC(=O)c1cccnc1)C(=O)N[C@@H](CC(C)C)C(=O)NCCCN1CCCC1=O. The summed E-state index contributed by atoms with van der Waals surface area (Å²) < 4.78 is 0. The van der Waals surface area contributed by atoms with Gasteiger partial charge in [-0.1, -0.05) is 98.2 Å². The Labute approximate surface area is 557 Å². The normalized spacial score (nSPS) is 14.2. The molecule has 0 saturated carbocycles. The number of phenols is 1. The smallest absolute Gasteiger partial charge is 0.252 e. The number of likely N-dealkylation sites (tertiary alicyclic amines) is 1. The van der Waals surface area contributed by atoms with Crippen LogP contribution in [-0.2, 0) is 68.8 Å². The lowest BCUT2D eigenvalue weighted by molar-refractivity contribution is -0.144. The van der Waals surface area contributed by atoms with Crippen molar-refractivity contribution in [2.75, 3.05) is 39.8 Å². The number of nitrogens with zero attached hydrogens (tertiary/aromatic N) is 4. The van der Waals surface area contributed by atoms with Gasteiger partial charge in [0.05, 0.1) is 12.2 Å². The number of likely N-dealkylation sites (N-methyl/N-ethyl adjacent to an activating group) is 1. The fourth-order valence-electron chi connectivity index (χ4n) is 11.1. The number of rotatable bonds is 35. The fourth-order valence-corrected chi connectivity index (χ4v) is 11.2. The highest BCUT2D eigenvalue weighted by Crippen LogP contribution is 2.20. The molecule has 10 amide bonds. The highest BCUT2D eigenvalue weighted by molar-refractivity contribution is 6.30. The van der Waals surface area contributed by atoms with Gasteiger partial charge in [-0.3, -0.25) is 57.9 Å². The van der Waals surface area contributed by atoms with Crippen molar-refractivity contribution in [3.8, 4) is 5.75 Å². The Bertz CT molecular complexity index is 3590. The summed E-state index contributed by atoms with van der Waals surface area (Å²) in [6, 6.07) is 22.5. The van der Waals surface area contributed by atoms with Crippen LogP contribution in [0.1, 0.15) is 98.3 Å². The zero-order valence-corrected chi connectivity index (χ0v) is 54.6. The lowest BCUT2D eigenvalue weighted by atomic mass is 9.99. The number of carbonyl (C=O) groups excluding carboxylic acids is 10. The molecular formula is C70H85ClN12O12. The summed E-state index contributed by atoms with van der Waals surface area (Å²) in [6.45, 7) is 5.55. The Morgan fingerprint density at radius 2 is 1.15 bits per heavy atom. The number of aliphatic hydroxyl groups excluding tert-OH is 1. The zero-order valence-electron chi connectivity index (χ0n) is 53.9. The van der Waals surface area contributed by atoms with E-state index in [-0.39, 0.29) is 81.5 Å². The fraction of sp³-hybridized carbons (Fsp3) is 0.400. The number of pyridine rings is 2. The molecule has 7 rings (SSSR count). The van der Waals surface area contributed by atoms with Crippen LogP contribution in [0.15, 0.2) is 140 Å². The van der Waals surface area contributed by atoms with Gasteiger partial charge >= 0.3 is 0 Å². The van der Waals surface area contributed by atoms with Crippen LogP contribution in [0, 0.1) is 5.92 Å². The Morgan fingerprint density at radius 1 is 0.579 bits per heavy atom. The number of amides is 10. The number of halogens is 1. The van der Waals surface area contributed by atoms with E-state index in [0.717, 1.165) is 27.7 Å². The third kappa shape index (κ3) is 23.0. The molecule has 1 saturated heterocycles. The van der Waals surface area contributed by atoms with E-state index in [4.69, 9.17) is 11.6 Å². The van der Waals surface area contributed by atoms with Crippen molar-refractivity contribution in [2.45, 2.75) is 134 Å². The number of aliphatic hydroxyl groups is 1. The predicted octanol–water partition coefficient (Wildman–Crippen LogP) is 3.78. The summed E-state index contributed by atoms with van der Waals surface area (Å²) in [7, 11) is 1.28. The maximum atomic E-state index is 15.0. The van der Waals surface area contributed by atoms with Crippen molar-refractivity contribution >= 4 is 81.4 Å². The molecule has 2 aromatic heterocycles. The summed E-state index contributed by atoms with van der Waals surface area (Å²) >= 11 is 6.24. The van der Waals surface area contributed by atoms with Crippen molar-refractivity contribution in [1.29, 1.82) is 0 Å². The van der Waals surface area contributed by atoms with Gasteiger partial charge in [-0.2, -0.15) is 0 Å². The predicted molar refractivity (Wildman–Crippen MR) is 357 cm³/mol. The van der Waals surface area contributed by atoms with E-state index in [1.807, 2.05) is 56.3 Å². The molecule has 1 aliphatic heterocycles. The number of aromatic hydroxyl groups is 1. The van der Waals surface area contributed by atoms with Gasteiger partial charge in [-0.05, 0) is 120 Å². The van der Waals surface area contributed by atoms with Gasteiger partial charge in [-0.15, -0.1) is 0 Å². The first kappa shape index (κ1) is 72.6. The molecule has 95 heavy (non-hydrogen) atoms. The van der Waals surface area contributed by atoms with Crippen LogP contribution in [0.3, 0.4) is 0 Å². The highest BCUT2D eigenvalue weighted by atomic mass is 35.5. The zero-order chi connectivity index (χ0) is 68.4. The van der Waals surface area contributed by atoms with Gasteiger partial charge in [0.25, 0.3) is 5.91 Å². The molecule has 1 fully saturated rings. The van der Waals surface area contributed by atoms with Crippen LogP contribution in [0.25, 0.3) is 10.8 Å². The number of benzene rings is 4. The first-order valence-corrected chi connectivity index (χ1v) is 32.3. The monoisotopic (exact) mass is 1320 g/mol. The third-order valence-corrected chi connectivity index (χ3v) is 16.4. The van der Waals surface area contributed by atoms with Gasteiger partial charge < -0.3 is 62.5 Å². The Hall–Kier alpha value is -9.81. The molecule has 24 nitrogen and oxygen atoms in total. The van der Waals surface area contributed by atoms with E-state index < -0.39 is 96.2 Å². The van der Waals surface area contributed by atoms with Crippen molar-refractivity contribution in [2.24, 2.45) is 5.92 Å². The number of unbranched alkanes of at least 4 members (excludes halogenated alkanes) is 1. The second kappa shape index (κ2) is 36.6. The molecule has 10 N–H and O–H groups in total. The molecule has 25 heteroatoms. The number of hydrogen-bond acceptors (Lipinski definition) is 14. The van der Waals surface area contributed by atoms with Gasteiger partial charge in [0.15, 0.2) is 0 Å². The van der Waals surface area contributed by atoms with Crippen molar-refractivity contribution in [3.05, 3.63) is 173 Å². The van der Waals surface area contributed by atoms with Crippen molar-refractivity contribution in [1.82, 2.24) is 62.3 Å². The largest absolute Gasteiger partial charge is 0.508 e. The Balaban J connectivity index is 1.12. The van der Waals surface area contributed by atoms with E-state index in [0.29, 0.717) is 59.6 Å². The molecule has 0 radical (unpaired) electrons. The molecule has 0 bridgehead atoms. The minimum Gasteiger partial charge on any atom is -0.508 e. The number of hydrogen-bond donors (Lipinski definition) is 10. The first-order valence-electron chi connectivity index (χ1n) is 31.9. The average Bonchev–Trinajstić information content (AvgIpc) is 1.79. The number of aromatic nitrogens is 2. The van der Waals surface area contributed by atoms with Gasteiger partial charge in [0.1, 0.15) is 48.0 Å². The van der Waals surface area contributed by atoms with Crippen LogP contribution in [-0.4, -0.2) is 171 Å². The summed E-state index contributed by atoms with van der Waals surface area (Å²) in [5.74, 6) is -6.48. The third-order valence-electron chi connectivity index (χ3n) is 16.2. The summed E-state index contributed by atoms with van der Waals surface area (Å²) in [4.78, 5) is 151. The van der Waals surface area contributed by atoms with E-state index in [2.05, 4.69) is 52.5 Å². The maximum Gasteiger partial charge on any atom is 0.252 e. The molecular weight excluding hydrogens is 1240 g/mol. The molecule has 4 aromatic carbocycles. The van der Waals surface area contributed by atoms with Crippen LogP contribution in [0.4, 0.5) is 0 Å². The van der Waals surface area contributed by atoms with E-state index in [1.165, 1.54) is 63.0 Å². The summed E-state index contributed by atoms with van der Waals surface area (Å²) in [5, 5.41) is 45.7. The molecule has 6 aromatic rings. The second-order valence-electron chi connectivity index (χ2n) is 24.1. The summed E-state index contributed by atoms with van der Waals surface area (Å²) in [6.07, 6.45) is 8.02. The molecule has 1 aliphatic rings. The van der Waals surface area contributed by atoms with E-state index in [9.17, 15) is 53.4 Å². The quantitative estimate of drug-likeness (QED) is 0.0253. The van der Waals surface area contributed by atoms with E-state index >= 15 is 4.79 Å². The van der Waals surface area contributed by atoms with Gasteiger partial charge in [-0.25, -0.2) is 0 Å². The Morgan fingerprint density at radius 3 is 1.77 bits per heavy atom. The highest BCUT2D eigenvalue weighted by Gasteiger charge is 2.37. The lowest BCUT2D eigenvalue weighted by Gasteiger charge is -2.32. The number of fused-ring (bicyclic) bond motifs is 1. The van der Waals surface area contributed by atoms with Crippen LogP contribution < -0.4 is 42.5 Å². The van der Waals surface area contributed by atoms with Crippen molar-refractivity contribution in [3.63, 3.8) is 0 Å². The molecule has 7 atom stereocenters. The van der Waals surface area contributed by atoms with E-state index in [1.54, 1.807) is 53.4 Å². The van der Waals surface area contributed by atoms with Crippen molar-refractivity contribution < 1.29 is 58.2 Å². The molecule has 0 spiro atoms. The number of nitrogens with one attached hydrogen (secondary N) is 8.